The summed E-state index contributed by atoms with van der Waals surface area (Å²) in [6.07, 6.45) is 1.29. The van der Waals surface area contributed by atoms with E-state index in [1.807, 2.05) is 13.8 Å². The van der Waals surface area contributed by atoms with Crippen LogP contribution in [0, 0.1) is 0 Å². The number of ether oxygens (including phenoxy) is 3. The second-order valence-electron chi connectivity index (χ2n) is 9.27. The van der Waals surface area contributed by atoms with Crippen LogP contribution in [0.25, 0.3) is 6.08 Å². The Hall–Kier alpha value is -3.07. The predicted octanol–water partition coefficient (Wildman–Crippen LogP) is 5.29. The number of fused-ring (bicyclic) bond motifs is 1. The summed E-state index contributed by atoms with van der Waals surface area (Å²) in [5.74, 6) is 0.506. The molecule has 0 radical (unpaired) electrons. The average Bonchev–Trinajstić information content (AvgIpc) is 3.13. The van der Waals surface area contributed by atoms with Crippen LogP contribution in [0.2, 0.25) is 10.0 Å². The Morgan fingerprint density at radius 3 is 2.34 bits per heavy atom. The molecule has 1 aromatic heterocycles. The fourth-order valence-corrected chi connectivity index (χ4v) is 5.61. The lowest BCUT2D eigenvalue weighted by atomic mass is 9.95. The zero-order valence-corrected chi connectivity index (χ0v) is 24.2. The second-order valence-corrected chi connectivity index (χ2v) is 11.2. The molecule has 0 bridgehead atoms. The van der Waals surface area contributed by atoms with Crippen LogP contribution in [0.1, 0.15) is 51.8 Å². The van der Waals surface area contributed by atoms with Gasteiger partial charge in [0.05, 0.1) is 35.1 Å². The minimum atomic E-state index is -0.862. The Balaban J connectivity index is 2.00. The molecule has 0 N–H and O–H groups in total. The highest BCUT2D eigenvalue weighted by Gasteiger charge is 2.35. The third-order valence-corrected chi connectivity index (χ3v) is 7.14. The van der Waals surface area contributed by atoms with E-state index in [2.05, 4.69) is 4.99 Å². The van der Waals surface area contributed by atoms with E-state index >= 15 is 0 Å². The van der Waals surface area contributed by atoms with Gasteiger partial charge in [0.15, 0.2) is 4.80 Å². The Morgan fingerprint density at radius 2 is 1.71 bits per heavy atom. The first kappa shape index (κ1) is 28.0. The van der Waals surface area contributed by atoms with Gasteiger partial charge in [0.1, 0.15) is 17.5 Å². The van der Waals surface area contributed by atoms with Crippen LogP contribution in [-0.2, 0) is 9.53 Å². The lowest BCUT2D eigenvalue weighted by Gasteiger charge is -2.26. The maximum Gasteiger partial charge on any atom is 0.338 e. The molecule has 0 amide bonds. The SMILES string of the molecule is COc1ccc(Cl)cc1[C@@H]1C(C(=O)OC(C)C)=C(C)N=c2s/c(=C\c3cc(Cl)ccc3OC(C)C)c(=O)n21. The van der Waals surface area contributed by atoms with E-state index in [-0.39, 0.29) is 23.3 Å². The summed E-state index contributed by atoms with van der Waals surface area (Å²) >= 11 is 13.8. The second kappa shape index (κ2) is 11.4. The van der Waals surface area contributed by atoms with Crippen molar-refractivity contribution >= 4 is 46.6 Å². The van der Waals surface area contributed by atoms with Crippen molar-refractivity contribution in [2.75, 3.05) is 7.11 Å². The van der Waals surface area contributed by atoms with Gasteiger partial charge < -0.3 is 14.2 Å². The number of thiazole rings is 1. The largest absolute Gasteiger partial charge is 0.496 e. The maximum absolute atomic E-state index is 14.0. The van der Waals surface area contributed by atoms with Crippen LogP contribution in [0.3, 0.4) is 0 Å². The van der Waals surface area contributed by atoms with Gasteiger partial charge in [-0.1, -0.05) is 34.5 Å². The molecule has 0 aliphatic carbocycles. The van der Waals surface area contributed by atoms with Crippen LogP contribution in [0.15, 0.2) is 57.5 Å². The standard InChI is InChI=1S/C28H28Cl2N2O5S/c1-14(2)36-21-9-7-18(29)11-17(21)12-23-26(33)32-25(20-13-19(30)8-10-22(20)35-6)24(27(34)37-15(3)4)16(5)31-28(32)38-23/h7-15,25H,1-6H3/b23-12-/t25-/m1/s1. The molecule has 0 fully saturated rings. The lowest BCUT2D eigenvalue weighted by Crippen LogP contribution is -2.40. The van der Waals surface area contributed by atoms with Crippen LogP contribution in [0.4, 0.5) is 0 Å². The zero-order chi connectivity index (χ0) is 27.7. The normalized spacial score (nSPS) is 15.5. The quantitative estimate of drug-likeness (QED) is 0.358. The van der Waals surface area contributed by atoms with Gasteiger partial charge in [-0.2, -0.15) is 0 Å². The minimum Gasteiger partial charge on any atom is -0.496 e. The van der Waals surface area contributed by atoms with E-state index in [1.165, 1.54) is 23.0 Å². The zero-order valence-electron chi connectivity index (χ0n) is 21.9. The van der Waals surface area contributed by atoms with Crippen LogP contribution in [0.5, 0.6) is 11.5 Å². The van der Waals surface area contributed by atoms with Gasteiger partial charge >= 0.3 is 5.97 Å². The van der Waals surface area contributed by atoms with Crippen molar-refractivity contribution in [2.24, 2.45) is 4.99 Å². The summed E-state index contributed by atoms with van der Waals surface area (Å²) in [6.45, 7) is 9.10. The topological polar surface area (TPSA) is 79.1 Å². The number of methoxy groups -OCH3 is 1. The predicted molar refractivity (Wildman–Crippen MR) is 150 cm³/mol. The van der Waals surface area contributed by atoms with Crippen molar-refractivity contribution in [3.63, 3.8) is 0 Å². The number of hydrogen-bond donors (Lipinski definition) is 0. The molecule has 38 heavy (non-hydrogen) atoms. The summed E-state index contributed by atoms with van der Waals surface area (Å²) in [4.78, 5) is 32.3. The highest BCUT2D eigenvalue weighted by Crippen LogP contribution is 2.37. The third-order valence-electron chi connectivity index (χ3n) is 5.69. The number of aromatic nitrogens is 1. The highest BCUT2D eigenvalue weighted by atomic mass is 35.5. The fraction of sp³-hybridized carbons (Fsp3) is 0.321. The molecule has 1 aliphatic heterocycles. The number of hydrogen-bond acceptors (Lipinski definition) is 7. The number of halogens is 2. The summed E-state index contributed by atoms with van der Waals surface area (Å²) in [6, 6.07) is 9.47. The smallest absolute Gasteiger partial charge is 0.338 e. The summed E-state index contributed by atoms with van der Waals surface area (Å²) in [5.41, 5.74) is 1.55. The minimum absolute atomic E-state index is 0.0722. The Labute approximate surface area is 234 Å². The first-order chi connectivity index (χ1) is 18.0. The van der Waals surface area contributed by atoms with Crippen molar-refractivity contribution in [1.29, 1.82) is 0 Å². The Kier molecular flexibility index (Phi) is 8.35. The first-order valence-corrected chi connectivity index (χ1v) is 13.6. The number of carbonyl (C=O) groups excluding carboxylic acids is 1. The van der Waals surface area contributed by atoms with Gasteiger partial charge in [-0.15, -0.1) is 0 Å². The molecule has 2 heterocycles. The summed E-state index contributed by atoms with van der Waals surface area (Å²) in [5, 5.41) is 0.944. The number of benzene rings is 2. The molecule has 4 rings (SSSR count). The van der Waals surface area contributed by atoms with Crippen molar-refractivity contribution in [1.82, 2.24) is 4.57 Å². The highest BCUT2D eigenvalue weighted by molar-refractivity contribution is 7.07. The molecule has 1 aliphatic rings. The van der Waals surface area contributed by atoms with Gasteiger partial charge in [0.25, 0.3) is 5.56 Å². The lowest BCUT2D eigenvalue weighted by molar-refractivity contribution is -0.143. The molecule has 0 saturated carbocycles. The van der Waals surface area contributed by atoms with E-state index in [1.54, 1.807) is 63.2 Å². The molecule has 0 unspecified atom stereocenters. The Bertz CT molecular complexity index is 1600. The van der Waals surface area contributed by atoms with Gasteiger partial charge in [-0.3, -0.25) is 9.36 Å². The van der Waals surface area contributed by atoms with E-state index in [4.69, 9.17) is 37.4 Å². The Morgan fingerprint density at radius 1 is 1.05 bits per heavy atom. The number of nitrogens with zero attached hydrogens (tertiary/aromatic N) is 2. The fourth-order valence-electron chi connectivity index (χ4n) is 4.21. The van der Waals surface area contributed by atoms with Crippen LogP contribution >= 0.6 is 34.5 Å². The van der Waals surface area contributed by atoms with Gasteiger partial charge in [0, 0.05) is 21.2 Å². The number of esters is 1. The van der Waals surface area contributed by atoms with E-state index in [0.717, 1.165) is 0 Å². The van der Waals surface area contributed by atoms with E-state index in [9.17, 15) is 9.59 Å². The molecule has 1 atom stereocenters. The molecule has 200 valence electrons. The average molecular weight is 576 g/mol. The summed E-state index contributed by atoms with van der Waals surface area (Å²) in [7, 11) is 1.52. The number of allylic oxidation sites excluding steroid dienone is 1. The molecule has 0 spiro atoms. The molecule has 2 aromatic carbocycles. The van der Waals surface area contributed by atoms with Crippen molar-refractivity contribution in [3.05, 3.63) is 88.5 Å². The molecule has 3 aromatic rings. The van der Waals surface area contributed by atoms with Crippen LogP contribution in [-0.4, -0.2) is 29.9 Å². The van der Waals surface area contributed by atoms with Crippen LogP contribution < -0.4 is 24.4 Å². The maximum atomic E-state index is 14.0. The molecule has 7 nitrogen and oxygen atoms in total. The van der Waals surface area contributed by atoms with Crippen molar-refractivity contribution in [3.8, 4) is 11.5 Å². The van der Waals surface area contributed by atoms with Gasteiger partial charge in [0.2, 0.25) is 0 Å². The molecular formula is C28H28Cl2N2O5S. The van der Waals surface area contributed by atoms with E-state index < -0.39 is 12.0 Å². The van der Waals surface area contributed by atoms with Gasteiger partial charge in [-0.05, 0) is 77.1 Å². The first-order valence-electron chi connectivity index (χ1n) is 12.0. The molecule has 0 saturated heterocycles. The summed E-state index contributed by atoms with van der Waals surface area (Å²) < 4.78 is 19.0. The monoisotopic (exact) mass is 574 g/mol. The van der Waals surface area contributed by atoms with Gasteiger partial charge in [-0.25, -0.2) is 9.79 Å². The number of rotatable bonds is 7. The van der Waals surface area contributed by atoms with Crippen molar-refractivity contribution < 1.29 is 19.0 Å². The van der Waals surface area contributed by atoms with Crippen molar-refractivity contribution in [2.45, 2.75) is 52.9 Å². The molecule has 10 heteroatoms. The molecular weight excluding hydrogens is 547 g/mol. The third kappa shape index (κ3) is 5.67. The van der Waals surface area contributed by atoms with E-state index in [0.29, 0.717) is 47.7 Å². The number of carbonyl (C=O) groups is 1.